The number of nitrogens with zero attached hydrogens (tertiary/aromatic N) is 2. The maximum absolute atomic E-state index is 10.1. The van der Waals surface area contributed by atoms with Gasteiger partial charge in [0.05, 0.1) is 118 Å². The van der Waals surface area contributed by atoms with Gasteiger partial charge in [0.15, 0.2) is 0 Å². The highest BCUT2D eigenvalue weighted by Gasteiger charge is 2.26. The maximum atomic E-state index is 10.1. The van der Waals surface area contributed by atoms with Crippen molar-refractivity contribution in [2.24, 2.45) is 0 Å². The number of quaternary nitrogens is 2. The van der Waals surface area contributed by atoms with Crippen LogP contribution in [0.5, 0.6) is 0 Å². The van der Waals surface area contributed by atoms with Crippen LogP contribution < -0.4 is 9.79 Å². The molecule has 0 rings (SSSR count). The molecular weight excluding hydrogens is 702 g/mol. The fourth-order valence-corrected chi connectivity index (χ4v) is 6.24. The number of methoxy groups -OCH3 is 2. The van der Waals surface area contributed by atoms with Gasteiger partial charge in [0, 0.05) is 27.1 Å². The third-order valence-electron chi connectivity index (χ3n) is 9.37. The first kappa shape index (κ1) is 57.1. The molecule has 324 valence electrons. The third-order valence-corrected chi connectivity index (χ3v) is 9.37. The van der Waals surface area contributed by atoms with Crippen LogP contribution in [-0.2, 0) is 33.0 Å². The Balaban J connectivity index is -0.000000835. The molecule has 0 aromatic carbocycles. The first-order valence-electron chi connectivity index (χ1n) is 21.2. The van der Waals surface area contributed by atoms with Gasteiger partial charge in [0.1, 0.15) is 7.91 Å². The van der Waals surface area contributed by atoms with E-state index in [0.29, 0.717) is 52.9 Å². The van der Waals surface area contributed by atoms with Gasteiger partial charge in [-0.25, -0.2) is 4.20 Å². The van der Waals surface area contributed by atoms with Crippen molar-refractivity contribution in [3.05, 3.63) is 0 Å². The molecule has 53 heavy (non-hydrogen) atoms. The van der Waals surface area contributed by atoms with Crippen LogP contribution in [0.1, 0.15) is 131 Å². The summed E-state index contributed by atoms with van der Waals surface area (Å²) >= 11 is 0. The summed E-state index contributed by atoms with van der Waals surface area (Å²) in [6.45, 7) is 31.5. The lowest BCUT2D eigenvalue weighted by Gasteiger charge is -2.39. The second kappa shape index (κ2) is 42.9. The summed E-state index contributed by atoms with van der Waals surface area (Å²) in [7, 11) is -2.25. The molecule has 0 aliphatic heterocycles. The second-order valence-corrected chi connectivity index (χ2v) is 15.0. The first-order chi connectivity index (χ1) is 25.5. The van der Waals surface area contributed by atoms with E-state index < -0.39 is 7.91 Å². The van der Waals surface area contributed by atoms with E-state index in [4.69, 9.17) is 42.8 Å². The van der Waals surface area contributed by atoms with Crippen molar-refractivity contribution < 1.29 is 55.9 Å². The van der Waals surface area contributed by atoms with E-state index in [1.807, 2.05) is 0 Å². The molecule has 0 aliphatic carbocycles. The van der Waals surface area contributed by atoms with Crippen LogP contribution in [0.4, 0.5) is 4.20 Å². The second-order valence-electron chi connectivity index (χ2n) is 14.2. The number of halogens is 1. The largest absolute Gasteiger partial charge is 0.786 e. The standard InChI is InChI=1S/2C20H44NO3.FH2O3P/c2*1-5-8-12-21(13-9-6-2,14-10-7-3)15-11-16-23-19-20-24-18-17-22-4;1-5(2,3)4/h2*5-20H2,1-4H3;(H2,2,3,4)/q2*+1;/p-2. The molecule has 0 aromatic heterocycles. The van der Waals surface area contributed by atoms with E-state index in [1.165, 1.54) is 138 Å². The number of ether oxygens (including phenoxy) is 6. The Bertz CT molecular complexity index is 651. The predicted molar refractivity (Wildman–Crippen MR) is 214 cm³/mol. The monoisotopic (exact) mass is 791 g/mol. The molecule has 0 unspecified atom stereocenters. The lowest BCUT2D eigenvalue weighted by atomic mass is 10.1. The summed E-state index contributed by atoms with van der Waals surface area (Å²) in [5, 5.41) is 0. The van der Waals surface area contributed by atoms with Gasteiger partial charge in [0.25, 0.3) is 0 Å². The van der Waals surface area contributed by atoms with Crippen LogP contribution in [0, 0.1) is 0 Å². The lowest BCUT2D eigenvalue weighted by Crippen LogP contribution is -2.51. The van der Waals surface area contributed by atoms with Crippen molar-refractivity contribution in [1.29, 1.82) is 0 Å². The Morgan fingerprint density at radius 1 is 0.396 bits per heavy atom. The van der Waals surface area contributed by atoms with Gasteiger partial charge in [-0.1, -0.05) is 80.1 Å². The highest BCUT2D eigenvalue weighted by molar-refractivity contribution is 7.42. The van der Waals surface area contributed by atoms with Gasteiger partial charge in [-0.15, -0.1) is 0 Å². The van der Waals surface area contributed by atoms with Gasteiger partial charge >= 0.3 is 0 Å². The predicted octanol–water partition coefficient (Wildman–Crippen LogP) is 7.33. The minimum Gasteiger partial charge on any atom is -0.786 e. The van der Waals surface area contributed by atoms with Crippen molar-refractivity contribution in [1.82, 2.24) is 0 Å². The topological polar surface area (TPSA) is 119 Å². The third kappa shape index (κ3) is 44.3. The Kier molecular flexibility index (Phi) is 46.2. The van der Waals surface area contributed by atoms with Crippen molar-refractivity contribution in [2.75, 3.05) is 133 Å². The smallest absolute Gasteiger partial charge is 0.110 e. The molecule has 0 saturated heterocycles. The number of unbranched alkanes of at least 4 members (excludes halogenated alkanes) is 6. The van der Waals surface area contributed by atoms with Crippen LogP contribution in [-0.4, -0.2) is 142 Å². The summed E-state index contributed by atoms with van der Waals surface area (Å²) in [4.78, 5) is 16.9. The summed E-state index contributed by atoms with van der Waals surface area (Å²) < 4.78 is 53.4. The van der Waals surface area contributed by atoms with Crippen LogP contribution in [0.2, 0.25) is 0 Å². The van der Waals surface area contributed by atoms with Gasteiger partial charge < -0.3 is 51.7 Å². The number of rotatable bonds is 38. The van der Waals surface area contributed by atoms with Crippen molar-refractivity contribution in [3.63, 3.8) is 0 Å². The van der Waals surface area contributed by atoms with Gasteiger partial charge in [0.2, 0.25) is 0 Å². The van der Waals surface area contributed by atoms with Gasteiger partial charge in [-0.3, -0.25) is 0 Å². The molecule has 0 amide bonds. The summed E-state index contributed by atoms with van der Waals surface area (Å²) in [5.41, 5.74) is 0. The molecule has 0 aromatic rings. The van der Waals surface area contributed by atoms with E-state index in [9.17, 15) is 4.20 Å². The van der Waals surface area contributed by atoms with E-state index >= 15 is 0 Å². The molecule has 11 nitrogen and oxygen atoms in total. The molecule has 0 heterocycles. The highest BCUT2D eigenvalue weighted by Crippen LogP contribution is 2.22. The average Bonchev–Trinajstić information content (AvgIpc) is 3.13. The summed E-state index contributed by atoms with van der Waals surface area (Å²) in [5.74, 6) is 0. The van der Waals surface area contributed by atoms with Crippen molar-refractivity contribution in [2.45, 2.75) is 131 Å². The highest BCUT2D eigenvalue weighted by atomic mass is 31.2. The Morgan fingerprint density at radius 2 is 0.585 bits per heavy atom. The Hall–Kier alpha value is -0.240. The first-order valence-corrected chi connectivity index (χ1v) is 22.6. The Morgan fingerprint density at radius 3 is 0.792 bits per heavy atom. The number of hydrogen-bond donors (Lipinski definition) is 0. The molecule has 13 heteroatoms. The van der Waals surface area contributed by atoms with Crippen molar-refractivity contribution >= 4 is 7.91 Å². The zero-order chi connectivity index (χ0) is 40.4. The Labute approximate surface area is 327 Å². The quantitative estimate of drug-likeness (QED) is 0.0360. The van der Waals surface area contributed by atoms with E-state index in [-0.39, 0.29) is 0 Å². The van der Waals surface area contributed by atoms with E-state index in [2.05, 4.69) is 41.5 Å². The average molecular weight is 791 g/mol. The van der Waals surface area contributed by atoms with Crippen LogP contribution >= 0.6 is 7.91 Å². The molecule has 0 saturated carbocycles. The van der Waals surface area contributed by atoms with Crippen LogP contribution in [0.3, 0.4) is 0 Å². The fourth-order valence-electron chi connectivity index (χ4n) is 6.24. The van der Waals surface area contributed by atoms with Gasteiger partial charge in [-0.2, -0.15) is 0 Å². The summed E-state index contributed by atoms with van der Waals surface area (Å²) in [6.07, 6.45) is 18.2. The van der Waals surface area contributed by atoms with Crippen LogP contribution in [0.15, 0.2) is 0 Å². The molecule has 0 N–H and O–H groups in total. The molecule has 0 aliphatic rings. The molecule has 0 fully saturated rings. The minimum atomic E-state index is -5.64. The normalized spacial score (nSPS) is 12.0. The molecule has 0 spiro atoms. The van der Waals surface area contributed by atoms with E-state index in [1.54, 1.807) is 14.2 Å². The van der Waals surface area contributed by atoms with Crippen molar-refractivity contribution in [3.8, 4) is 0 Å². The molecule has 0 atom stereocenters. The number of hydrogen-bond acceptors (Lipinski definition) is 9. The van der Waals surface area contributed by atoms with E-state index in [0.717, 1.165) is 26.1 Å². The fraction of sp³-hybridized carbons (Fsp3) is 1.00. The maximum Gasteiger partial charge on any atom is 0.110 e. The molecule has 0 radical (unpaired) electrons. The van der Waals surface area contributed by atoms with Gasteiger partial charge in [-0.05, 0) is 38.5 Å². The minimum absolute atomic E-state index is 0.658. The van der Waals surface area contributed by atoms with Crippen LogP contribution in [0.25, 0.3) is 0 Å². The molecular formula is C40H88FN2O9P. The summed E-state index contributed by atoms with van der Waals surface area (Å²) in [6, 6.07) is 0. The SMILES string of the molecule is CCCC[N+](CCCC)(CCCC)CCCOCCOCCOC.CCCC[N+](CCCC)(CCCC)CCCOCCOCCOC.O=P([O-])([O-])F. The zero-order valence-corrected chi connectivity index (χ0v) is 36.9. The lowest BCUT2D eigenvalue weighted by molar-refractivity contribution is -0.929. The zero-order valence-electron chi connectivity index (χ0n) is 36.0. The molecule has 0 bridgehead atoms.